The highest BCUT2D eigenvalue weighted by molar-refractivity contribution is 6.33. The monoisotopic (exact) mass is 314 g/mol. The van der Waals surface area contributed by atoms with Crippen molar-refractivity contribution in [2.24, 2.45) is 0 Å². The molecule has 0 spiro atoms. The first kappa shape index (κ1) is 18.2. The number of ether oxygens (including phenoxy) is 1. The summed E-state index contributed by atoms with van der Waals surface area (Å²) in [4.78, 5) is 2.12. The van der Waals surface area contributed by atoms with Gasteiger partial charge in [-0.1, -0.05) is 23.7 Å². The van der Waals surface area contributed by atoms with E-state index in [0.717, 1.165) is 30.9 Å². The first-order valence-electron chi connectivity index (χ1n) is 7.33. The molecule has 0 aromatic heterocycles. The number of methoxy groups -OCH3 is 1. The number of rotatable bonds is 9. The van der Waals surface area contributed by atoms with E-state index in [4.69, 9.17) is 16.3 Å². The smallest absolute Gasteiger partial charge is 0.0765 e. The number of aliphatic hydroxyl groups is 1. The standard InChI is InChI=1S/C16H27ClN2O2/c1-5-19(12-16(2,3)20)15-13(7-6-8-14(15)17)11-18-9-10-21-4/h6-8,18,20H,5,9-12H2,1-4H3. The average Bonchev–Trinajstić information content (AvgIpc) is 2.40. The lowest BCUT2D eigenvalue weighted by Crippen LogP contribution is -2.39. The molecule has 1 rings (SSSR count). The number of anilines is 1. The third kappa shape index (κ3) is 6.22. The molecule has 0 unspecified atom stereocenters. The van der Waals surface area contributed by atoms with Gasteiger partial charge in [0.25, 0.3) is 0 Å². The molecule has 21 heavy (non-hydrogen) atoms. The number of nitrogens with zero attached hydrogens (tertiary/aromatic N) is 1. The molecule has 1 aromatic carbocycles. The minimum absolute atomic E-state index is 0.540. The zero-order valence-electron chi connectivity index (χ0n) is 13.4. The Morgan fingerprint density at radius 3 is 2.67 bits per heavy atom. The molecule has 0 radical (unpaired) electrons. The van der Waals surface area contributed by atoms with Crippen molar-refractivity contribution in [1.29, 1.82) is 0 Å². The second-order valence-electron chi connectivity index (χ2n) is 5.74. The molecule has 0 bridgehead atoms. The molecule has 0 saturated carbocycles. The summed E-state index contributed by atoms with van der Waals surface area (Å²) >= 11 is 6.40. The van der Waals surface area contributed by atoms with E-state index >= 15 is 0 Å². The topological polar surface area (TPSA) is 44.7 Å². The molecule has 0 atom stereocenters. The highest BCUT2D eigenvalue weighted by Crippen LogP contribution is 2.31. The highest BCUT2D eigenvalue weighted by atomic mass is 35.5. The predicted octanol–water partition coefficient (Wildman–Crippen LogP) is 2.67. The van der Waals surface area contributed by atoms with Crippen LogP contribution in [0.1, 0.15) is 26.3 Å². The Bertz CT molecular complexity index is 433. The van der Waals surface area contributed by atoms with Gasteiger partial charge in [-0.2, -0.15) is 0 Å². The fourth-order valence-electron chi connectivity index (χ4n) is 2.27. The molecule has 0 amide bonds. The van der Waals surface area contributed by atoms with Crippen LogP contribution in [0.3, 0.4) is 0 Å². The Morgan fingerprint density at radius 2 is 2.10 bits per heavy atom. The number of benzene rings is 1. The maximum absolute atomic E-state index is 10.1. The van der Waals surface area contributed by atoms with Crippen molar-refractivity contribution >= 4 is 17.3 Å². The van der Waals surface area contributed by atoms with Crippen molar-refractivity contribution in [3.05, 3.63) is 28.8 Å². The minimum atomic E-state index is -0.768. The first-order valence-corrected chi connectivity index (χ1v) is 7.71. The van der Waals surface area contributed by atoms with E-state index in [2.05, 4.69) is 23.2 Å². The molecular weight excluding hydrogens is 288 g/mol. The molecule has 5 heteroatoms. The average molecular weight is 315 g/mol. The van der Waals surface area contributed by atoms with E-state index in [9.17, 15) is 5.11 Å². The second kappa shape index (κ2) is 8.59. The lowest BCUT2D eigenvalue weighted by molar-refractivity contribution is 0.0875. The van der Waals surface area contributed by atoms with Crippen molar-refractivity contribution in [3.63, 3.8) is 0 Å². The van der Waals surface area contributed by atoms with Gasteiger partial charge in [0.1, 0.15) is 0 Å². The van der Waals surface area contributed by atoms with E-state index in [-0.39, 0.29) is 0 Å². The van der Waals surface area contributed by atoms with Crippen molar-refractivity contribution in [2.75, 3.05) is 38.3 Å². The van der Waals surface area contributed by atoms with Gasteiger partial charge in [0.15, 0.2) is 0 Å². The summed E-state index contributed by atoms with van der Waals surface area (Å²) in [5.41, 5.74) is 1.36. The van der Waals surface area contributed by atoms with Crippen LogP contribution in [0.5, 0.6) is 0 Å². The Balaban J connectivity index is 2.91. The van der Waals surface area contributed by atoms with E-state index in [0.29, 0.717) is 18.2 Å². The van der Waals surface area contributed by atoms with Crippen LogP contribution < -0.4 is 10.2 Å². The lowest BCUT2D eigenvalue weighted by Gasteiger charge is -2.32. The molecule has 2 N–H and O–H groups in total. The van der Waals surface area contributed by atoms with E-state index in [1.165, 1.54) is 0 Å². The summed E-state index contributed by atoms with van der Waals surface area (Å²) in [5.74, 6) is 0. The molecule has 120 valence electrons. The molecular formula is C16H27ClN2O2. The Morgan fingerprint density at radius 1 is 1.38 bits per heavy atom. The van der Waals surface area contributed by atoms with Gasteiger partial charge in [0, 0.05) is 33.3 Å². The van der Waals surface area contributed by atoms with Crippen LogP contribution in [0.4, 0.5) is 5.69 Å². The van der Waals surface area contributed by atoms with Gasteiger partial charge in [-0.25, -0.2) is 0 Å². The fourth-order valence-corrected chi connectivity index (χ4v) is 2.58. The van der Waals surface area contributed by atoms with Gasteiger partial charge in [0.05, 0.1) is 22.9 Å². The number of likely N-dealkylation sites (N-methyl/N-ethyl adjacent to an activating group) is 1. The van der Waals surface area contributed by atoms with Crippen molar-refractivity contribution in [2.45, 2.75) is 32.9 Å². The lowest BCUT2D eigenvalue weighted by atomic mass is 10.1. The molecule has 0 fully saturated rings. The van der Waals surface area contributed by atoms with Crippen LogP contribution in [0, 0.1) is 0 Å². The Hall–Kier alpha value is -0.810. The van der Waals surface area contributed by atoms with Crippen LogP contribution in [0.25, 0.3) is 0 Å². The van der Waals surface area contributed by atoms with Crippen molar-refractivity contribution in [1.82, 2.24) is 5.32 Å². The zero-order chi connectivity index (χ0) is 15.9. The highest BCUT2D eigenvalue weighted by Gasteiger charge is 2.21. The largest absolute Gasteiger partial charge is 0.389 e. The summed E-state index contributed by atoms with van der Waals surface area (Å²) in [6.45, 7) is 9.21. The van der Waals surface area contributed by atoms with Gasteiger partial charge in [0.2, 0.25) is 0 Å². The zero-order valence-corrected chi connectivity index (χ0v) is 14.2. The van der Waals surface area contributed by atoms with Crippen LogP contribution >= 0.6 is 11.6 Å². The van der Waals surface area contributed by atoms with Gasteiger partial charge in [-0.15, -0.1) is 0 Å². The van der Waals surface area contributed by atoms with Crippen molar-refractivity contribution < 1.29 is 9.84 Å². The van der Waals surface area contributed by atoms with Crippen LogP contribution in [-0.2, 0) is 11.3 Å². The Kier molecular flexibility index (Phi) is 7.46. The fraction of sp³-hybridized carbons (Fsp3) is 0.625. The van der Waals surface area contributed by atoms with Crippen molar-refractivity contribution in [3.8, 4) is 0 Å². The molecule has 0 aliphatic heterocycles. The minimum Gasteiger partial charge on any atom is -0.389 e. The third-order valence-corrected chi connectivity index (χ3v) is 3.45. The quantitative estimate of drug-likeness (QED) is 0.688. The summed E-state index contributed by atoms with van der Waals surface area (Å²) in [6.07, 6.45) is 0. The molecule has 0 saturated heterocycles. The van der Waals surface area contributed by atoms with Gasteiger partial charge in [-0.3, -0.25) is 0 Å². The normalized spacial score (nSPS) is 11.7. The van der Waals surface area contributed by atoms with Crippen LogP contribution in [0.15, 0.2) is 18.2 Å². The molecule has 0 aliphatic rings. The number of hydrogen-bond acceptors (Lipinski definition) is 4. The number of para-hydroxylation sites is 1. The predicted molar refractivity (Wildman–Crippen MR) is 89.2 cm³/mol. The SMILES string of the molecule is CCN(CC(C)(C)O)c1c(Cl)cccc1CNCCOC. The molecule has 4 nitrogen and oxygen atoms in total. The summed E-state index contributed by atoms with van der Waals surface area (Å²) in [5, 5.41) is 14.1. The molecule has 0 heterocycles. The molecule has 1 aromatic rings. The van der Waals surface area contributed by atoms with Gasteiger partial charge in [-0.05, 0) is 32.4 Å². The third-order valence-electron chi connectivity index (χ3n) is 3.14. The Labute approximate surface area is 133 Å². The molecule has 0 aliphatic carbocycles. The van der Waals surface area contributed by atoms with E-state index in [1.807, 2.05) is 26.0 Å². The summed E-state index contributed by atoms with van der Waals surface area (Å²) in [7, 11) is 1.69. The summed E-state index contributed by atoms with van der Waals surface area (Å²) in [6, 6.07) is 5.91. The number of hydrogen-bond donors (Lipinski definition) is 2. The van der Waals surface area contributed by atoms with Gasteiger partial charge < -0.3 is 20.1 Å². The maximum atomic E-state index is 10.1. The number of halogens is 1. The van der Waals surface area contributed by atoms with Crippen LogP contribution in [-0.4, -0.2) is 44.1 Å². The van der Waals surface area contributed by atoms with E-state index < -0.39 is 5.60 Å². The van der Waals surface area contributed by atoms with E-state index in [1.54, 1.807) is 7.11 Å². The first-order chi connectivity index (χ1) is 9.89. The van der Waals surface area contributed by atoms with Crippen LogP contribution in [0.2, 0.25) is 5.02 Å². The maximum Gasteiger partial charge on any atom is 0.0765 e. The second-order valence-corrected chi connectivity index (χ2v) is 6.15. The van der Waals surface area contributed by atoms with Gasteiger partial charge >= 0.3 is 0 Å². The summed E-state index contributed by atoms with van der Waals surface area (Å²) < 4.78 is 5.04. The number of nitrogens with one attached hydrogen (secondary N) is 1.